The summed E-state index contributed by atoms with van der Waals surface area (Å²) in [5, 5.41) is 18.3. The van der Waals surface area contributed by atoms with Crippen molar-refractivity contribution in [2.24, 2.45) is 0 Å². The number of nitrogen functional groups attached to an aromatic ring is 1. The molecule has 0 radical (unpaired) electrons. The molecule has 0 bridgehead atoms. The van der Waals surface area contributed by atoms with Crippen molar-refractivity contribution in [3.05, 3.63) is 23.2 Å². The van der Waals surface area contributed by atoms with Crippen LogP contribution in [0.4, 0.5) is 5.69 Å². The van der Waals surface area contributed by atoms with Crippen LogP contribution in [0.1, 0.15) is 29.6 Å². The summed E-state index contributed by atoms with van der Waals surface area (Å²) in [6.07, 6.45) is 5.38. The third-order valence-electron chi connectivity index (χ3n) is 3.59. The molecule has 1 saturated heterocycles. The average molecular weight is 305 g/mol. The molecule has 9 heteroatoms. The van der Waals surface area contributed by atoms with E-state index < -0.39 is 0 Å². The van der Waals surface area contributed by atoms with E-state index in [2.05, 4.69) is 20.4 Å². The Kier molecular flexibility index (Phi) is 3.08. The van der Waals surface area contributed by atoms with E-state index in [0.29, 0.717) is 18.2 Å². The van der Waals surface area contributed by atoms with Gasteiger partial charge < -0.3 is 10.5 Å². The first kappa shape index (κ1) is 12.7. The number of hydrogen-bond donors (Lipinski definition) is 1. The smallest absolute Gasteiger partial charge is 0.234 e. The van der Waals surface area contributed by atoms with E-state index >= 15 is 0 Å². The van der Waals surface area contributed by atoms with E-state index in [1.54, 1.807) is 17.1 Å². The van der Waals surface area contributed by atoms with Gasteiger partial charge in [0.15, 0.2) is 5.82 Å². The minimum atomic E-state index is 0.379. The molecule has 0 amide bonds. The summed E-state index contributed by atoms with van der Waals surface area (Å²) >= 11 is 1.53. The van der Waals surface area contributed by atoms with Crippen LogP contribution in [-0.2, 0) is 11.3 Å². The van der Waals surface area contributed by atoms with Crippen LogP contribution < -0.4 is 5.73 Å². The van der Waals surface area contributed by atoms with Crippen molar-refractivity contribution < 1.29 is 4.74 Å². The highest BCUT2D eigenvalue weighted by molar-refractivity contribution is 7.16. The van der Waals surface area contributed by atoms with E-state index in [-0.39, 0.29) is 0 Å². The van der Waals surface area contributed by atoms with Crippen LogP contribution in [0.25, 0.3) is 4.96 Å². The highest BCUT2D eigenvalue weighted by Gasteiger charge is 2.23. The van der Waals surface area contributed by atoms with Gasteiger partial charge in [-0.05, 0) is 12.8 Å². The van der Waals surface area contributed by atoms with Crippen molar-refractivity contribution in [2.45, 2.75) is 25.3 Å². The van der Waals surface area contributed by atoms with Crippen LogP contribution in [0.3, 0.4) is 0 Å². The maximum absolute atomic E-state index is 5.67. The molecule has 1 aliphatic rings. The number of hydrogen-bond acceptors (Lipinski definition) is 7. The van der Waals surface area contributed by atoms with E-state index in [0.717, 1.165) is 41.8 Å². The summed E-state index contributed by atoms with van der Waals surface area (Å²) in [4.78, 5) is 0.826. The quantitative estimate of drug-likeness (QED) is 0.772. The maximum atomic E-state index is 5.67. The molecular formula is C12H15N7OS. The summed E-state index contributed by atoms with van der Waals surface area (Å²) in [6.45, 7) is 2.16. The average Bonchev–Trinajstić information content (AvgIpc) is 3.16. The zero-order valence-corrected chi connectivity index (χ0v) is 12.2. The molecule has 0 unspecified atom stereocenters. The van der Waals surface area contributed by atoms with Gasteiger partial charge >= 0.3 is 0 Å². The van der Waals surface area contributed by atoms with Crippen LogP contribution >= 0.6 is 11.3 Å². The molecule has 0 aliphatic carbocycles. The van der Waals surface area contributed by atoms with E-state index in [1.165, 1.54) is 11.3 Å². The third kappa shape index (κ3) is 2.38. The number of nitrogens with zero attached hydrogens (tertiary/aromatic N) is 6. The molecule has 1 aliphatic heterocycles. The Bertz CT molecular complexity index is 755. The Hall–Kier alpha value is -2.00. The molecule has 0 spiro atoms. The second-order valence-electron chi connectivity index (χ2n) is 5.11. The van der Waals surface area contributed by atoms with Gasteiger partial charge in [-0.15, -0.1) is 10.2 Å². The molecule has 4 heterocycles. The molecule has 4 rings (SSSR count). The second-order valence-corrected chi connectivity index (χ2v) is 6.15. The van der Waals surface area contributed by atoms with Gasteiger partial charge in [0.25, 0.3) is 0 Å². The van der Waals surface area contributed by atoms with Crippen molar-refractivity contribution >= 4 is 22.0 Å². The first-order valence-corrected chi connectivity index (χ1v) is 7.68. The summed E-state index contributed by atoms with van der Waals surface area (Å²) in [6, 6.07) is 0. The molecule has 0 aromatic carbocycles. The molecule has 8 nitrogen and oxygen atoms in total. The van der Waals surface area contributed by atoms with E-state index in [1.807, 2.05) is 4.52 Å². The SMILES string of the molecule is Nc1cnn(Cc2nn3c(C4CCOCC4)nnc3s2)c1. The zero-order chi connectivity index (χ0) is 14.2. The van der Waals surface area contributed by atoms with Crippen LogP contribution in [0.5, 0.6) is 0 Å². The molecule has 3 aromatic rings. The van der Waals surface area contributed by atoms with Crippen LogP contribution in [-0.4, -0.2) is 42.8 Å². The van der Waals surface area contributed by atoms with Crippen LogP contribution in [0, 0.1) is 0 Å². The number of rotatable bonds is 3. The lowest BCUT2D eigenvalue weighted by atomic mass is 10.00. The predicted molar refractivity (Wildman–Crippen MR) is 77.2 cm³/mol. The molecule has 1 fully saturated rings. The molecule has 110 valence electrons. The van der Waals surface area contributed by atoms with Gasteiger partial charge in [0.1, 0.15) is 5.01 Å². The topological polar surface area (TPSA) is 96.2 Å². The number of nitrogens with two attached hydrogens (primary N) is 1. The minimum absolute atomic E-state index is 0.379. The molecular weight excluding hydrogens is 290 g/mol. The van der Waals surface area contributed by atoms with Crippen molar-refractivity contribution in [2.75, 3.05) is 18.9 Å². The lowest BCUT2D eigenvalue weighted by molar-refractivity contribution is 0.0831. The Morgan fingerprint density at radius 2 is 2.19 bits per heavy atom. The first-order chi connectivity index (χ1) is 10.3. The number of anilines is 1. The van der Waals surface area contributed by atoms with Crippen molar-refractivity contribution in [3.8, 4) is 0 Å². The minimum Gasteiger partial charge on any atom is -0.396 e. The Labute approximate surface area is 124 Å². The summed E-state index contributed by atoms with van der Waals surface area (Å²) in [5.41, 5.74) is 6.32. The molecule has 2 N–H and O–H groups in total. The van der Waals surface area contributed by atoms with Gasteiger partial charge in [0.05, 0.1) is 18.4 Å². The Morgan fingerprint density at radius 1 is 1.33 bits per heavy atom. The molecule has 0 atom stereocenters. The monoisotopic (exact) mass is 305 g/mol. The standard InChI is InChI=1S/C12H15N7OS/c13-9-5-14-18(6-9)7-10-17-19-11(15-16-12(19)21-10)8-1-3-20-4-2-8/h5-6,8H,1-4,7,13H2. The fraction of sp³-hybridized carbons (Fsp3) is 0.500. The van der Waals surface area contributed by atoms with Crippen molar-refractivity contribution in [3.63, 3.8) is 0 Å². The fourth-order valence-electron chi connectivity index (χ4n) is 2.55. The lowest BCUT2D eigenvalue weighted by Gasteiger charge is -2.19. The Balaban J connectivity index is 1.62. The maximum Gasteiger partial charge on any atom is 0.234 e. The highest BCUT2D eigenvalue weighted by atomic mass is 32.1. The summed E-state index contributed by atoms with van der Waals surface area (Å²) in [5.74, 6) is 1.32. The first-order valence-electron chi connectivity index (χ1n) is 6.86. The van der Waals surface area contributed by atoms with Gasteiger partial charge in [-0.25, -0.2) is 0 Å². The van der Waals surface area contributed by atoms with Crippen molar-refractivity contribution in [1.29, 1.82) is 0 Å². The van der Waals surface area contributed by atoms with Crippen molar-refractivity contribution in [1.82, 2.24) is 29.6 Å². The van der Waals surface area contributed by atoms with Crippen LogP contribution in [0.2, 0.25) is 0 Å². The van der Waals surface area contributed by atoms with Gasteiger partial charge in [-0.2, -0.15) is 14.7 Å². The molecule has 0 saturated carbocycles. The normalized spacial score (nSPS) is 16.8. The predicted octanol–water partition coefficient (Wildman–Crippen LogP) is 0.907. The molecule has 21 heavy (non-hydrogen) atoms. The third-order valence-corrected chi connectivity index (χ3v) is 4.48. The van der Waals surface area contributed by atoms with Gasteiger partial charge in [-0.3, -0.25) is 4.68 Å². The van der Waals surface area contributed by atoms with Crippen LogP contribution in [0.15, 0.2) is 12.4 Å². The molecule has 3 aromatic heterocycles. The van der Waals surface area contributed by atoms with Gasteiger partial charge in [0.2, 0.25) is 4.96 Å². The highest BCUT2D eigenvalue weighted by Crippen LogP contribution is 2.27. The van der Waals surface area contributed by atoms with Gasteiger partial charge in [-0.1, -0.05) is 11.3 Å². The number of ether oxygens (including phenoxy) is 1. The lowest BCUT2D eigenvalue weighted by Crippen LogP contribution is -2.16. The van der Waals surface area contributed by atoms with Gasteiger partial charge in [0, 0.05) is 25.3 Å². The Morgan fingerprint density at radius 3 is 2.95 bits per heavy atom. The number of aromatic nitrogens is 6. The zero-order valence-electron chi connectivity index (χ0n) is 11.3. The van der Waals surface area contributed by atoms with E-state index in [9.17, 15) is 0 Å². The fourth-order valence-corrected chi connectivity index (χ4v) is 3.38. The summed E-state index contributed by atoms with van der Waals surface area (Å²) in [7, 11) is 0. The summed E-state index contributed by atoms with van der Waals surface area (Å²) < 4.78 is 9.03. The second kappa shape index (κ2) is 5.08. The number of fused-ring (bicyclic) bond motifs is 1. The largest absolute Gasteiger partial charge is 0.396 e. The van der Waals surface area contributed by atoms with E-state index in [4.69, 9.17) is 10.5 Å².